The van der Waals surface area contributed by atoms with Gasteiger partial charge in [0.25, 0.3) is 21.9 Å². The van der Waals surface area contributed by atoms with E-state index in [9.17, 15) is 78.9 Å². The number of hydrogen-bond donors (Lipinski definition) is 10. The van der Waals surface area contributed by atoms with Crippen molar-refractivity contribution in [1.82, 2.24) is 45.3 Å². The summed E-state index contributed by atoms with van der Waals surface area (Å²) in [5.74, 6) is 5.36. The summed E-state index contributed by atoms with van der Waals surface area (Å²) in [6, 6.07) is 21.5. The van der Waals surface area contributed by atoms with Crippen LogP contribution in [0.15, 0.2) is 95.5 Å². The van der Waals surface area contributed by atoms with E-state index in [4.69, 9.17) is 54.0 Å². The number of fused-ring (bicyclic) bond motifs is 5. The molecule has 1 saturated heterocycles. The summed E-state index contributed by atoms with van der Waals surface area (Å²) >= 11 is 0. The Morgan fingerprint density at radius 3 is 2.40 bits per heavy atom. The van der Waals surface area contributed by atoms with Crippen molar-refractivity contribution in [3.8, 4) is 29.1 Å². The lowest BCUT2D eigenvalue weighted by Gasteiger charge is -2.33. The van der Waals surface area contributed by atoms with Crippen molar-refractivity contribution in [2.75, 3.05) is 139 Å². The minimum absolute atomic E-state index is 0.00608. The van der Waals surface area contributed by atoms with E-state index >= 15 is 0 Å². The summed E-state index contributed by atoms with van der Waals surface area (Å²) in [6.07, 6.45) is 2.14. The number of aromatic nitrogens is 3. The first-order valence-electron chi connectivity index (χ1n) is 38.2. The fourth-order valence-electron chi connectivity index (χ4n) is 13.7. The average Bonchev–Trinajstić information content (AvgIpc) is 1.50. The van der Waals surface area contributed by atoms with Gasteiger partial charge in [-0.1, -0.05) is 67.9 Å². The van der Waals surface area contributed by atoms with Crippen molar-refractivity contribution >= 4 is 123 Å². The maximum absolute atomic E-state index is 14.6. The number of nitrogen functional groups attached to an aromatic ring is 1. The normalized spacial score (nSPS) is 16.7. The van der Waals surface area contributed by atoms with Crippen molar-refractivity contribution < 1.29 is 125 Å². The Bertz CT molecular complexity index is 5580. The number of nitrogens with zero attached hydrogens (tertiary/aromatic N) is 12. The van der Waals surface area contributed by atoms with Gasteiger partial charge in [-0.15, -0.1) is 0 Å². The number of nitrogens with two attached hydrogens (primary N) is 1. The van der Waals surface area contributed by atoms with Gasteiger partial charge < -0.3 is 93.9 Å². The highest BCUT2D eigenvalue weighted by atomic mass is 33.1. The predicted octanol–water partition coefficient (Wildman–Crippen LogP) is 4.56. The summed E-state index contributed by atoms with van der Waals surface area (Å²) in [7, 11) is -21.0. The number of ether oxygens (including phenoxy) is 6. The lowest BCUT2D eigenvalue weighted by Crippen LogP contribution is -2.40. The van der Waals surface area contributed by atoms with E-state index < -0.39 is 106 Å². The van der Waals surface area contributed by atoms with Crippen LogP contribution < -0.4 is 56.5 Å². The van der Waals surface area contributed by atoms with E-state index in [1.165, 1.54) is 38.4 Å². The van der Waals surface area contributed by atoms with Gasteiger partial charge >= 0.3 is 23.5 Å². The van der Waals surface area contributed by atoms with Gasteiger partial charge in [0.1, 0.15) is 80.4 Å². The van der Waals surface area contributed by atoms with Gasteiger partial charge in [-0.2, -0.15) is 17.0 Å². The lowest BCUT2D eigenvalue weighted by molar-refractivity contribution is -0.126. The molecule has 6 heterocycles. The third-order valence-corrected chi connectivity index (χ3v) is 26.8. The first-order chi connectivity index (χ1) is 58.6. The van der Waals surface area contributed by atoms with E-state index in [1.54, 1.807) is 42.3 Å². The zero-order chi connectivity index (χ0) is 88.5. The Morgan fingerprint density at radius 1 is 0.846 bits per heavy atom. The predicted molar refractivity (Wildman–Crippen MR) is 445 cm³/mol. The standard InChI is InChI=1S/C72H90N17O27P3S4/c1-86(72(94)53-17-3-2-16-52(53)68-54-36-47-13-6-25-87(27-9-33-122(102,103)104)56(47)38-58(54)113-59-39-57-48(37-55(59)68)14-7-26-88(57)28-10-34-123(105,106)107)24-8-18-62(90)78-23-32-121-120-31-19-63(91)77-21-22-79-71(93)49-11-4-15-51(35-49)110-44-65(83-85-75)109-30-29-108-43-64(92)76-20-5-12-50-41-89(70-67(50)69(73)80-45-81-70)66-40-60(111-46-82-84-74)61(114-66)42-112-118(98,99)116-119(100,101)115-117(95,96)97/h2-4,11,15-17,35-39,41,45,60-61,65-66H,6-10,13-14,18-34,40,42-44,46H2,1H3,(H11-,73,76,77,78,79,80,81,90,91,92,93,95,96,97,98,99,100,101,102,103,104,105,106,107)/t60-,61-,65?,66-/m1/s1. The molecule has 0 aliphatic carbocycles. The number of carbonyl (C=O) groups excluding carboxylic acids is 5. The van der Waals surface area contributed by atoms with Gasteiger partial charge in [0.05, 0.1) is 65.4 Å². The van der Waals surface area contributed by atoms with E-state index in [2.05, 4.69) is 93.4 Å². The van der Waals surface area contributed by atoms with Crippen molar-refractivity contribution in [2.45, 2.75) is 88.9 Å². The molecule has 0 radical (unpaired) electrons. The monoisotopic (exact) mass is 1850 g/mol. The number of nitrogens with one attached hydrogen (secondary N) is 4. The highest BCUT2D eigenvalue weighted by molar-refractivity contribution is 8.76. The second kappa shape index (κ2) is 45.0. The van der Waals surface area contributed by atoms with Crippen LogP contribution in [-0.2, 0) is 93.2 Å². The van der Waals surface area contributed by atoms with Crippen LogP contribution in [0.3, 0.4) is 0 Å². The Balaban J connectivity index is 0.598. The van der Waals surface area contributed by atoms with Crippen LogP contribution in [0.4, 0.5) is 11.5 Å². The first-order valence-corrected chi connectivity index (χ1v) is 48.4. The molecule has 5 amide bonds. The fourth-order valence-corrected chi connectivity index (χ4v) is 19.6. The summed E-state index contributed by atoms with van der Waals surface area (Å²) in [5, 5.41) is 19.8. The maximum atomic E-state index is 14.6. The summed E-state index contributed by atoms with van der Waals surface area (Å²) in [4.78, 5) is 121. The minimum Gasteiger partial charge on any atom is -0.748 e. The van der Waals surface area contributed by atoms with Crippen molar-refractivity contribution in [3.05, 3.63) is 156 Å². The molecule has 0 bridgehead atoms. The van der Waals surface area contributed by atoms with Crippen LogP contribution in [0.2, 0.25) is 0 Å². The van der Waals surface area contributed by atoms with E-state index in [1.807, 2.05) is 24.3 Å². The number of anilines is 2. The van der Waals surface area contributed by atoms with Crippen LogP contribution in [-0.4, -0.2) is 242 Å². The summed E-state index contributed by atoms with van der Waals surface area (Å²) < 4.78 is 154. The van der Waals surface area contributed by atoms with Gasteiger partial charge in [-0.25, -0.2) is 36.7 Å². The number of rotatable bonds is 47. The molecule has 0 spiro atoms. The molecule has 10 rings (SSSR count). The number of benzene rings is 4. The number of hydrogen-bond acceptors (Lipinski definition) is 30. The number of phosphoric ester groups is 1. The zero-order valence-electron chi connectivity index (χ0n) is 66.0. The quantitative estimate of drug-likeness (QED) is 0.00288. The Morgan fingerprint density at radius 2 is 1.62 bits per heavy atom. The van der Waals surface area contributed by atoms with Gasteiger partial charge in [0.15, 0.2) is 6.23 Å². The minimum atomic E-state index is -5.84. The van der Waals surface area contributed by atoms with Gasteiger partial charge in [-0.05, 0) is 90.7 Å². The van der Waals surface area contributed by atoms with Crippen molar-refractivity contribution in [1.29, 1.82) is 0 Å². The van der Waals surface area contributed by atoms with E-state index in [0.29, 0.717) is 73.3 Å². The Hall–Kier alpha value is -9.33. The molecule has 11 N–H and O–H groups in total. The third-order valence-electron chi connectivity index (χ3n) is 19.0. The molecule has 4 aliphatic heterocycles. The molecule has 4 aliphatic rings. The zero-order valence-corrected chi connectivity index (χ0v) is 72.0. The molecule has 4 aromatic carbocycles. The summed E-state index contributed by atoms with van der Waals surface area (Å²) in [6.45, 7) is 0.303. The van der Waals surface area contributed by atoms with Gasteiger partial charge in [0, 0.05) is 156 Å². The maximum Gasteiger partial charge on any atom is 0.490 e. The molecule has 3 unspecified atom stereocenters. The lowest BCUT2D eigenvalue weighted by atomic mass is 9.86. The molecule has 51 heteroatoms. The SMILES string of the molecule is CN(CCCC(=O)NCCSSCCC(=O)NCCNC(=O)c1cccc(OCC(N=[N+]=[N-])OCCOCC(=O)NCC#Cc2cn([C@H]3C[C@@H](OCN=[N+]=[N-])[C@@H](COP(=O)(O)OP(=O)(O)OP(=O)(O)O)O3)c3ncnc(N)c23)c1)C(=O)c1ccccc1C1=c2cc3c(cc2Oc2cc4c(cc21)CCCN4CCCS(=O)(=O)O)=[N+](CCCS(=O)(=O)[O-])CCC3. The third kappa shape index (κ3) is 29.4. The fraction of sp³-hybridized carbons (Fsp3) is 0.472. The number of azide groups is 2. The molecule has 2 aromatic heterocycles. The van der Waals surface area contributed by atoms with Crippen molar-refractivity contribution in [3.63, 3.8) is 0 Å². The number of carbonyl (C=O) groups is 5. The van der Waals surface area contributed by atoms with E-state index in [0.717, 1.165) is 70.5 Å². The molecular formula is C72H90N17O27P3S4. The smallest absolute Gasteiger partial charge is 0.490 e. The van der Waals surface area contributed by atoms with Crippen LogP contribution in [0, 0.1) is 11.8 Å². The molecule has 44 nitrogen and oxygen atoms in total. The molecule has 664 valence electrons. The van der Waals surface area contributed by atoms with Gasteiger partial charge in [-0.3, -0.25) is 33.0 Å². The number of aryl methyl sites for hydroxylation is 2. The first kappa shape index (κ1) is 95.9. The molecule has 6 atom stereocenters. The molecule has 6 aromatic rings. The largest absolute Gasteiger partial charge is 0.748 e. The van der Waals surface area contributed by atoms with E-state index in [-0.39, 0.29) is 135 Å². The topological polar surface area (TPSA) is 624 Å². The second-order valence-electron chi connectivity index (χ2n) is 27.8. The molecule has 123 heavy (non-hydrogen) atoms. The molecule has 0 saturated carbocycles. The van der Waals surface area contributed by atoms with Gasteiger partial charge in [0.2, 0.25) is 23.1 Å². The van der Waals surface area contributed by atoms with Crippen LogP contribution in [0.5, 0.6) is 17.2 Å². The van der Waals surface area contributed by atoms with Crippen LogP contribution >= 0.6 is 45.1 Å². The van der Waals surface area contributed by atoms with Crippen molar-refractivity contribution in [2.24, 2.45) is 10.2 Å². The summed E-state index contributed by atoms with van der Waals surface area (Å²) in [5.41, 5.74) is 30.4. The average molecular weight is 1850 g/mol. The Labute approximate surface area is 712 Å². The van der Waals surface area contributed by atoms with Crippen LogP contribution in [0.25, 0.3) is 37.5 Å². The second-order valence-corrected chi connectivity index (χ2v) is 38.0. The molecule has 1 fully saturated rings. The number of phosphoric acid groups is 3. The highest BCUT2D eigenvalue weighted by Crippen LogP contribution is 2.66. The number of amides is 5. The molecular weight excluding hydrogens is 1760 g/mol. The highest BCUT2D eigenvalue weighted by Gasteiger charge is 2.44. The Kier molecular flexibility index (Phi) is 35.1. The van der Waals surface area contributed by atoms with Crippen LogP contribution in [0.1, 0.15) is 106 Å².